The van der Waals surface area contributed by atoms with Crippen molar-refractivity contribution in [1.82, 2.24) is 14.7 Å². The molecular formula is C15H27N3O2. The smallest absolute Gasteiger partial charge is 0.0644 e. The van der Waals surface area contributed by atoms with Gasteiger partial charge in [-0.15, -0.1) is 0 Å². The molecule has 1 fully saturated rings. The normalized spacial score (nSPS) is 24.2. The second-order valence-corrected chi connectivity index (χ2v) is 6.38. The second-order valence-electron chi connectivity index (χ2n) is 6.38. The first-order chi connectivity index (χ1) is 9.49. The average molecular weight is 281 g/mol. The van der Waals surface area contributed by atoms with Crippen molar-refractivity contribution in [3.8, 4) is 0 Å². The van der Waals surface area contributed by atoms with Crippen LogP contribution >= 0.6 is 0 Å². The summed E-state index contributed by atoms with van der Waals surface area (Å²) in [4.78, 5) is 2.42. The van der Waals surface area contributed by atoms with Crippen LogP contribution in [0.5, 0.6) is 0 Å². The first-order valence-corrected chi connectivity index (χ1v) is 7.46. The zero-order valence-electron chi connectivity index (χ0n) is 12.9. The number of hydrogen-bond acceptors (Lipinski definition) is 4. The monoisotopic (exact) mass is 281 g/mol. The van der Waals surface area contributed by atoms with Crippen molar-refractivity contribution in [2.45, 2.75) is 46.7 Å². The summed E-state index contributed by atoms with van der Waals surface area (Å²) in [7, 11) is 0. The van der Waals surface area contributed by atoms with Crippen molar-refractivity contribution >= 4 is 0 Å². The quantitative estimate of drug-likeness (QED) is 0.848. The van der Waals surface area contributed by atoms with Crippen molar-refractivity contribution < 1.29 is 10.2 Å². The Morgan fingerprint density at radius 2 is 2.05 bits per heavy atom. The van der Waals surface area contributed by atoms with Crippen LogP contribution in [0.1, 0.15) is 36.7 Å². The molecule has 1 atom stereocenters. The summed E-state index contributed by atoms with van der Waals surface area (Å²) in [5, 5.41) is 23.1. The Morgan fingerprint density at radius 3 is 2.70 bits per heavy atom. The second kappa shape index (κ2) is 6.24. The van der Waals surface area contributed by atoms with Gasteiger partial charge in [-0.05, 0) is 33.2 Å². The number of piperidine rings is 1. The van der Waals surface area contributed by atoms with Crippen molar-refractivity contribution in [3.63, 3.8) is 0 Å². The van der Waals surface area contributed by atoms with Crippen molar-refractivity contribution in [3.05, 3.63) is 17.0 Å². The van der Waals surface area contributed by atoms with Crippen molar-refractivity contribution in [2.24, 2.45) is 5.41 Å². The molecule has 1 saturated heterocycles. The fourth-order valence-corrected chi connectivity index (χ4v) is 3.19. The lowest BCUT2D eigenvalue weighted by Gasteiger charge is -2.39. The molecule has 20 heavy (non-hydrogen) atoms. The van der Waals surface area contributed by atoms with Gasteiger partial charge in [0.15, 0.2) is 0 Å². The third-order valence-electron chi connectivity index (χ3n) is 4.47. The van der Waals surface area contributed by atoms with Crippen LogP contribution in [0.4, 0.5) is 0 Å². The molecule has 0 radical (unpaired) electrons. The number of aryl methyl sites for hydroxylation is 1. The van der Waals surface area contributed by atoms with Gasteiger partial charge in [-0.1, -0.05) is 6.92 Å². The zero-order valence-corrected chi connectivity index (χ0v) is 12.9. The van der Waals surface area contributed by atoms with Gasteiger partial charge in [0, 0.05) is 36.4 Å². The number of rotatable bonds is 5. The minimum atomic E-state index is 0.0289. The van der Waals surface area contributed by atoms with Crippen molar-refractivity contribution in [1.29, 1.82) is 0 Å². The van der Waals surface area contributed by atoms with Gasteiger partial charge in [0.05, 0.1) is 18.8 Å². The van der Waals surface area contributed by atoms with Crippen LogP contribution in [0.25, 0.3) is 0 Å². The first-order valence-electron chi connectivity index (χ1n) is 7.46. The molecule has 1 unspecified atom stereocenters. The largest absolute Gasteiger partial charge is 0.396 e. The summed E-state index contributed by atoms with van der Waals surface area (Å²) >= 11 is 0. The standard InChI is InChI=1S/C15H27N3O2/c1-12-14(13(2)18(16-12)7-8-19)9-17-6-4-5-15(3,10-17)11-20/h19-20H,4-11H2,1-3H3. The van der Waals surface area contributed by atoms with E-state index in [9.17, 15) is 5.11 Å². The van der Waals surface area contributed by atoms with Gasteiger partial charge in [-0.3, -0.25) is 9.58 Å². The van der Waals surface area contributed by atoms with E-state index in [0.29, 0.717) is 6.54 Å². The van der Waals surface area contributed by atoms with E-state index in [0.717, 1.165) is 43.9 Å². The molecule has 0 saturated carbocycles. The maximum absolute atomic E-state index is 9.55. The molecule has 1 aliphatic rings. The van der Waals surface area contributed by atoms with E-state index in [1.54, 1.807) is 0 Å². The van der Waals surface area contributed by atoms with Crippen LogP contribution < -0.4 is 0 Å². The van der Waals surface area contributed by atoms with Gasteiger partial charge in [0.1, 0.15) is 0 Å². The predicted molar refractivity (Wildman–Crippen MR) is 78.5 cm³/mol. The Hall–Kier alpha value is -0.910. The number of likely N-dealkylation sites (tertiary alicyclic amines) is 1. The lowest BCUT2D eigenvalue weighted by atomic mass is 9.82. The molecule has 0 aromatic carbocycles. The lowest BCUT2D eigenvalue weighted by Crippen LogP contribution is -2.43. The SMILES string of the molecule is Cc1nn(CCO)c(C)c1CN1CCCC(C)(CO)C1. The Bertz CT molecular complexity index is 458. The van der Waals surface area contributed by atoms with Crippen LogP contribution in [-0.4, -0.2) is 51.2 Å². The van der Waals surface area contributed by atoms with Crippen LogP contribution in [0, 0.1) is 19.3 Å². The van der Waals surface area contributed by atoms with Crippen LogP contribution in [0.3, 0.4) is 0 Å². The van der Waals surface area contributed by atoms with E-state index in [-0.39, 0.29) is 18.6 Å². The fourth-order valence-electron chi connectivity index (χ4n) is 3.19. The van der Waals surface area contributed by atoms with Gasteiger partial charge in [-0.25, -0.2) is 0 Å². The molecule has 1 aromatic heterocycles. The Balaban J connectivity index is 2.10. The molecule has 1 aromatic rings. The Morgan fingerprint density at radius 1 is 1.30 bits per heavy atom. The molecule has 5 heteroatoms. The topological polar surface area (TPSA) is 61.5 Å². The number of aliphatic hydroxyl groups is 2. The number of aromatic nitrogens is 2. The molecule has 0 amide bonds. The maximum atomic E-state index is 9.55. The summed E-state index contributed by atoms with van der Waals surface area (Å²) in [6, 6.07) is 0. The summed E-state index contributed by atoms with van der Waals surface area (Å²) in [6.07, 6.45) is 2.24. The fraction of sp³-hybridized carbons (Fsp3) is 0.800. The Labute approximate surface area is 121 Å². The summed E-state index contributed by atoms with van der Waals surface area (Å²) in [6.45, 7) is 10.1. The predicted octanol–water partition coefficient (Wildman–Crippen LogP) is 1.09. The highest BCUT2D eigenvalue weighted by atomic mass is 16.3. The molecule has 114 valence electrons. The van der Waals surface area contributed by atoms with Crippen LogP contribution in [0.15, 0.2) is 0 Å². The highest BCUT2D eigenvalue weighted by Gasteiger charge is 2.30. The van der Waals surface area contributed by atoms with Crippen LogP contribution in [-0.2, 0) is 13.1 Å². The van der Waals surface area contributed by atoms with Gasteiger partial charge in [0.2, 0.25) is 0 Å². The summed E-state index contributed by atoms with van der Waals surface area (Å²) in [5.74, 6) is 0. The molecule has 0 spiro atoms. The molecule has 5 nitrogen and oxygen atoms in total. The van der Waals surface area contributed by atoms with Gasteiger partial charge < -0.3 is 10.2 Å². The average Bonchev–Trinajstić information content (AvgIpc) is 2.67. The number of hydrogen-bond donors (Lipinski definition) is 2. The van der Waals surface area contributed by atoms with Crippen LogP contribution in [0.2, 0.25) is 0 Å². The lowest BCUT2D eigenvalue weighted by molar-refractivity contribution is 0.0427. The highest BCUT2D eigenvalue weighted by molar-refractivity contribution is 5.24. The molecule has 1 aliphatic heterocycles. The van der Waals surface area contributed by atoms with Gasteiger partial charge in [-0.2, -0.15) is 5.10 Å². The molecule has 0 aliphatic carbocycles. The summed E-state index contributed by atoms with van der Waals surface area (Å²) in [5.41, 5.74) is 3.49. The van der Waals surface area contributed by atoms with Gasteiger partial charge in [0.25, 0.3) is 0 Å². The zero-order chi connectivity index (χ0) is 14.8. The van der Waals surface area contributed by atoms with Crippen molar-refractivity contribution in [2.75, 3.05) is 26.3 Å². The number of nitrogens with zero attached hydrogens (tertiary/aromatic N) is 3. The Kier molecular flexibility index (Phi) is 4.83. The van der Waals surface area contributed by atoms with E-state index in [1.807, 2.05) is 11.6 Å². The summed E-state index contributed by atoms with van der Waals surface area (Å²) < 4.78 is 1.89. The molecule has 0 bridgehead atoms. The molecule has 2 heterocycles. The minimum absolute atomic E-state index is 0.0289. The van der Waals surface area contributed by atoms with E-state index < -0.39 is 0 Å². The van der Waals surface area contributed by atoms with E-state index in [1.165, 1.54) is 5.56 Å². The highest BCUT2D eigenvalue weighted by Crippen LogP contribution is 2.30. The van der Waals surface area contributed by atoms with Gasteiger partial charge >= 0.3 is 0 Å². The van der Waals surface area contributed by atoms with E-state index in [2.05, 4.69) is 23.8 Å². The number of aliphatic hydroxyl groups excluding tert-OH is 2. The minimum Gasteiger partial charge on any atom is -0.396 e. The third kappa shape index (κ3) is 3.22. The first kappa shape index (κ1) is 15.5. The molecule has 2 rings (SSSR count). The maximum Gasteiger partial charge on any atom is 0.0644 e. The third-order valence-corrected chi connectivity index (χ3v) is 4.47. The van der Waals surface area contributed by atoms with E-state index >= 15 is 0 Å². The molecule has 2 N–H and O–H groups in total. The molecular weight excluding hydrogens is 254 g/mol. The van der Waals surface area contributed by atoms with E-state index in [4.69, 9.17) is 5.11 Å².